The van der Waals surface area contributed by atoms with Crippen LogP contribution in [-0.4, -0.2) is 5.78 Å². The third kappa shape index (κ3) is 3.81. The van der Waals surface area contributed by atoms with E-state index in [1.54, 1.807) is 0 Å². The summed E-state index contributed by atoms with van der Waals surface area (Å²) < 4.78 is 0. The van der Waals surface area contributed by atoms with Gasteiger partial charge in [-0.1, -0.05) is 74.4 Å². The molecule has 0 fully saturated rings. The second-order valence-corrected chi connectivity index (χ2v) is 6.89. The van der Waals surface area contributed by atoms with Gasteiger partial charge in [0.05, 0.1) is 0 Å². The molecule has 0 bridgehead atoms. The standard InChI is InChI=1S/C20H24O/c1-14-10-15(2)12-16(11-14)13-19(21)17-8-6-7-9-18(17)20(3,4)5/h6-12H,13H2,1-5H3. The van der Waals surface area contributed by atoms with E-state index in [0.717, 1.165) is 16.7 Å². The fourth-order valence-corrected chi connectivity index (χ4v) is 2.83. The van der Waals surface area contributed by atoms with Gasteiger partial charge in [-0.25, -0.2) is 0 Å². The zero-order valence-electron chi connectivity index (χ0n) is 13.7. The van der Waals surface area contributed by atoms with Crippen LogP contribution < -0.4 is 0 Å². The summed E-state index contributed by atoms with van der Waals surface area (Å²) in [5.74, 6) is 0.200. The number of benzene rings is 2. The number of aryl methyl sites for hydroxylation is 2. The molecule has 0 unspecified atom stereocenters. The molecule has 0 aromatic heterocycles. The first-order chi connectivity index (χ1) is 9.77. The van der Waals surface area contributed by atoms with E-state index in [0.29, 0.717) is 6.42 Å². The smallest absolute Gasteiger partial charge is 0.167 e. The maximum absolute atomic E-state index is 12.7. The lowest BCUT2D eigenvalue weighted by atomic mass is 9.82. The number of carbonyl (C=O) groups is 1. The normalized spacial score (nSPS) is 11.5. The van der Waals surface area contributed by atoms with E-state index in [4.69, 9.17) is 0 Å². The molecule has 2 aromatic rings. The van der Waals surface area contributed by atoms with Crippen molar-refractivity contribution in [3.8, 4) is 0 Å². The lowest BCUT2D eigenvalue weighted by molar-refractivity contribution is 0.0991. The molecule has 0 saturated heterocycles. The molecular weight excluding hydrogens is 256 g/mol. The van der Waals surface area contributed by atoms with Crippen molar-refractivity contribution >= 4 is 5.78 Å². The maximum atomic E-state index is 12.7. The summed E-state index contributed by atoms with van der Waals surface area (Å²) in [7, 11) is 0. The van der Waals surface area contributed by atoms with Crippen molar-refractivity contribution in [2.45, 2.75) is 46.5 Å². The molecule has 0 N–H and O–H groups in total. The summed E-state index contributed by atoms with van der Waals surface area (Å²) in [5, 5.41) is 0. The predicted octanol–water partition coefficient (Wildman–Crippen LogP) is 5.03. The van der Waals surface area contributed by atoms with Gasteiger partial charge in [0.2, 0.25) is 0 Å². The Balaban J connectivity index is 2.33. The number of Topliss-reactive ketones (excluding diaryl/α,β-unsaturated/α-hetero) is 1. The molecule has 1 nitrogen and oxygen atoms in total. The monoisotopic (exact) mass is 280 g/mol. The van der Waals surface area contributed by atoms with Crippen LogP contribution in [0.1, 0.15) is 53.4 Å². The van der Waals surface area contributed by atoms with Gasteiger partial charge in [-0.2, -0.15) is 0 Å². The maximum Gasteiger partial charge on any atom is 0.167 e. The highest BCUT2D eigenvalue weighted by molar-refractivity contribution is 5.99. The molecule has 2 rings (SSSR count). The number of hydrogen-bond acceptors (Lipinski definition) is 1. The minimum atomic E-state index is -0.0191. The zero-order chi connectivity index (χ0) is 15.6. The van der Waals surface area contributed by atoms with E-state index in [1.165, 1.54) is 11.1 Å². The lowest BCUT2D eigenvalue weighted by Gasteiger charge is -2.22. The van der Waals surface area contributed by atoms with E-state index in [-0.39, 0.29) is 11.2 Å². The summed E-state index contributed by atoms with van der Waals surface area (Å²) in [4.78, 5) is 12.7. The van der Waals surface area contributed by atoms with Crippen LogP contribution in [0.15, 0.2) is 42.5 Å². The molecular formula is C20H24O. The molecule has 0 amide bonds. The molecule has 0 saturated carbocycles. The summed E-state index contributed by atoms with van der Waals surface area (Å²) in [6.07, 6.45) is 0.468. The van der Waals surface area contributed by atoms with E-state index < -0.39 is 0 Å². The van der Waals surface area contributed by atoms with Crippen LogP contribution in [0.4, 0.5) is 0 Å². The molecule has 0 aliphatic rings. The first-order valence-electron chi connectivity index (χ1n) is 7.47. The van der Waals surface area contributed by atoms with Gasteiger partial charge in [0.25, 0.3) is 0 Å². The largest absolute Gasteiger partial charge is 0.294 e. The second kappa shape index (κ2) is 5.85. The van der Waals surface area contributed by atoms with Gasteiger partial charge in [-0.3, -0.25) is 4.79 Å². The summed E-state index contributed by atoms with van der Waals surface area (Å²) in [6.45, 7) is 10.6. The van der Waals surface area contributed by atoms with E-state index in [1.807, 2.05) is 18.2 Å². The summed E-state index contributed by atoms with van der Waals surface area (Å²) in [6, 6.07) is 14.3. The van der Waals surface area contributed by atoms with Crippen molar-refractivity contribution in [1.29, 1.82) is 0 Å². The van der Waals surface area contributed by atoms with E-state index >= 15 is 0 Å². The quantitative estimate of drug-likeness (QED) is 0.721. The Morgan fingerprint density at radius 1 is 0.952 bits per heavy atom. The lowest BCUT2D eigenvalue weighted by Crippen LogP contribution is -2.17. The summed E-state index contributed by atoms with van der Waals surface area (Å²) in [5.41, 5.74) is 5.47. The van der Waals surface area contributed by atoms with Gasteiger partial charge < -0.3 is 0 Å². The molecule has 0 atom stereocenters. The number of hydrogen-bond donors (Lipinski definition) is 0. The topological polar surface area (TPSA) is 17.1 Å². The SMILES string of the molecule is Cc1cc(C)cc(CC(=O)c2ccccc2C(C)(C)C)c1. The average Bonchev–Trinajstić information content (AvgIpc) is 2.36. The highest BCUT2D eigenvalue weighted by Gasteiger charge is 2.21. The van der Waals surface area contributed by atoms with Gasteiger partial charge in [0.1, 0.15) is 0 Å². The average molecular weight is 280 g/mol. The summed E-state index contributed by atoms with van der Waals surface area (Å²) >= 11 is 0. The molecule has 2 aromatic carbocycles. The highest BCUT2D eigenvalue weighted by atomic mass is 16.1. The molecule has 0 aliphatic heterocycles. The number of carbonyl (C=O) groups excluding carboxylic acids is 1. The second-order valence-electron chi connectivity index (χ2n) is 6.89. The Morgan fingerprint density at radius 2 is 1.52 bits per heavy atom. The Kier molecular flexibility index (Phi) is 4.32. The molecule has 1 heteroatoms. The zero-order valence-corrected chi connectivity index (χ0v) is 13.7. The van der Waals surface area contributed by atoms with Crippen molar-refractivity contribution in [3.05, 3.63) is 70.3 Å². The van der Waals surface area contributed by atoms with Crippen molar-refractivity contribution in [2.75, 3.05) is 0 Å². The van der Waals surface area contributed by atoms with Crippen LogP contribution in [0.5, 0.6) is 0 Å². The van der Waals surface area contributed by atoms with Crippen molar-refractivity contribution in [2.24, 2.45) is 0 Å². The van der Waals surface area contributed by atoms with Crippen molar-refractivity contribution in [1.82, 2.24) is 0 Å². The van der Waals surface area contributed by atoms with Gasteiger partial charge in [-0.15, -0.1) is 0 Å². The first kappa shape index (κ1) is 15.5. The van der Waals surface area contributed by atoms with Gasteiger partial charge in [0.15, 0.2) is 5.78 Å². The Bertz CT molecular complexity index is 640. The van der Waals surface area contributed by atoms with Crippen molar-refractivity contribution in [3.63, 3.8) is 0 Å². The van der Waals surface area contributed by atoms with E-state index in [2.05, 4.69) is 58.9 Å². The number of ketones is 1. The van der Waals surface area contributed by atoms with Crippen LogP contribution in [0, 0.1) is 13.8 Å². The Hall–Kier alpha value is -1.89. The first-order valence-corrected chi connectivity index (χ1v) is 7.47. The Labute approximate surface area is 128 Å². The minimum absolute atomic E-state index is 0.0191. The molecule has 110 valence electrons. The molecule has 0 heterocycles. The van der Waals surface area contributed by atoms with Gasteiger partial charge >= 0.3 is 0 Å². The van der Waals surface area contributed by atoms with E-state index in [9.17, 15) is 4.79 Å². The molecule has 0 spiro atoms. The molecule has 21 heavy (non-hydrogen) atoms. The molecule has 0 aliphatic carbocycles. The fraction of sp³-hybridized carbons (Fsp3) is 0.350. The number of rotatable bonds is 3. The van der Waals surface area contributed by atoms with Crippen LogP contribution in [0.25, 0.3) is 0 Å². The third-order valence-electron chi connectivity index (χ3n) is 3.68. The predicted molar refractivity (Wildman–Crippen MR) is 89.1 cm³/mol. The highest BCUT2D eigenvalue weighted by Crippen LogP contribution is 2.26. The Morgan fingerprint density at radius 3 is 2.10 bits per heavy atom. The van der Waals surface area contributed by atoms with Crippen LogP contribution in [-0.2, 0) is 11.8 Å². The van der Waals surface area contributed by atoms with Gasteiger partial charge in [-0.05, 0) is 30.4 Å². The fourth-order valence-electron chi connectivity index (χ4n) is 2.83. The van der Waals surface area contributed by atoms with Crippen LogP contribution >= 0.6 is 0 Å². The minimum Gasteiger partial charge on any atom is -0.294 e. The third-order valence-corrected chi connectivity index (χ3v) is 3.68. The van der Waals surface area contributed by atoms with Crippen LogP contribution in [0.2, 0.25) is 0 Å². The van der Waals surface area contributed by atoms with Crippen LogP contribution in [0.3, 0.4) is 0 Å². The van der Waals surface area contributed by atoms with Crippen molar-refractivity contribution < 1.29 is 4.79 Å². The van der Waals surface area contributed by atoms with Gasteiger partial charge in [0, 0.05) is 12.0 Å². The molecule has 0 radical (unpaired) electrons.